The molecule has 0 bridgehead atoms. The van der Waals surface area contributed by atoms with Crippen LogP contribution in [0.3, 0.4) is 0 Å². The van der Waals surface area contributed by atoms with Crippen molar-refractivity contribution in [3.63, 3.8) is 0 Å². The predicted octanol–water partition coefficient (Wildman–Crippen LogP) is 0.186. The summed E-state index contributed by atoms with van der Waals surface area (Å²) in [6.45, 7) is 1.56. The molecular formula is C9H11NO4. The molecule has 0 unspecified atom stereocenters. The number of carbonyl (C=O) groups excluding carboxylic acids is 1. The normalized spacial score (nSPS) is 9.93. The van der Waals surface area contributed by atoms with E-state index in [1.54, 1.807) is 6.92 Å². The first kappa shape index (κ1) is 10.3. The summed E-state index contributed by atoms with van der Waals surface area (Å²) in [6.07, 6.45) is 0. The number of aromatic hydroxyl groups is 1. The molecule has 0 radical (unpaired) electrons. The Labute approximate surface area is 80.6 Å². The van der Waals surface area contributed by atoms with Crippen LogP contribution in [-0.4, -0.2) is 22.8 Å². The maximum absolute atomic E-state index is 11.2. The molecule has 5 heteroatoms. The molecule has 1 N–H and O–H groups in total. The zero-order valence-electron chi connectivity index (χ0n) is 8.20. The molecule has 0 saturated heterocycles. The highest BCUT2D eigenvalue weighted by atomic mass is 16.5. The fourth-order valence-corrected chi connectivity index (χ4v) is 1.16. The van der Waals surface area contributed by atoms with E-state index in [0.717, 1.165) is 6.07 Å². The highest BCUT2D eigenvalue weighted by Crippen LogP contribution is 2.18. The van der Waals surface area contributed by atoms with Gasteiger partial charge in [0.1, 0.15) is 11.3 Å². The molecular weight excluding hydrogens is 186 g/mol. The summed E-state index contributed by atoms with van der Waals surface area (Å²) in [4.78, 5) is 22.4. The number of methoxy groups -OCH3 is 1. The van der Waals surface area contributed by atoms with Crippen LogP contribution in [0, 0.1) is 6.92 Å². The van der Waals surface area contributed by atoms with Crippen molar-refractivity contribution in [1.29, 1.82) is 0 Å². The fourth-order valence-electron chi connectivity index (χ4n) is 1.16. The van der Waals surface area contributed by atoms with Crippen molar-refractivity contribution in [1.82, 2.24) is 4.57 Å². The number of ether oxygens (including phenoxy) is 1. The number of hydrogen-bond donors (Lipinski definition) is 1. The molecule has 0 aliphatic rings. The molecule has 76 valence electrons. The van der Waals surface area contributed by atoms with Gasteiger partial charge in [-0.2, -0.15) is 0 Å². The molecule has 1 aromatic heterocycles. The van der Waals surface area contributed by atoms with Gasteiger partial charge >= 0.3 is 5.97 Å². The Bertz CT molecular complexity index is 433. The Kier molecular flexibility index (Phi) is 2.60. The lowest BCUT2D eigenvalue weighted by atomic mass is 10.2. The van der Waals surface area contributed by atoms with Crippen LogP contribution < -0.4 is 5.56 Å². The summed E-state index contributed by atoms with van der Waals surface area (Å²) < 4.78 is 5.75. The number of aromatic nitrogens is 1. The van der Waals surface area contributed by atoms with Crippen LogP contribution in [0.2, 0.25) is 0 Å². The number of pyridine rings is 1. The Morgan fingerprint density at radius 1 is 1.57 bits per heavy atom. The smallest absolute Gasteiger partial charge is 0.343 e. The van der Waals surface area contributed by atoms with Crippen LogP contribution in [0.4, 0.5) is 0 Å². The summed E-state index contributed by atoms with van der Waals surface area (Å²) in [7, 11) is 2.73. The minimum absolute atomic E-state index is 0.0228. The molecule has 1 aromatic rings. The molecule has 5 nitrogen and oxygen atoms in total. The van der Waals surface area contributed by atoms with Gasteiger partial charge in [0.25, 0.3) is 5.56 Å². The van der Waals surface area contributed by atoms with Crippen molar-refractivity contribution in [2.45, 2.75) is 6.92 Å². The van der Waals surface area contributed by atoms with Gasteiger partial charge in [0.15, 0.2) is 0 Å². The van der Waals surface area contributed by atoms with Crippen LogP contribution in [0.1, 0.15) is 16.1 Å². The SMILES string of the molecule is COC(=O)c1c(O)cc(=O)n(C)c1C. The van der Waals surface area contributed by atoms with Gasteiger partial charge in [-0.15, -0.1) is 0 Å². The Morgan fingerprint density at radius 3 is 2.64 bits per heavy atom. The molecule has 1 rings (SSSR count). The number of carbonyl (C=O) groups is 1. The first-order valence-electron chi connectivity index (χ1n) is 3.97. The van der Waals surface area contributed by atoms with E-state index < -0.39 is 5.97 Å². The zero-order chi connectivity index (χ0) is 10.9. The molecule has 1 heterocycles. The minimum atomic E-state index is -0.657. The average molecular weight is 197 g/mol. The number of esters is 1. The van der Waals surface area contributed by atoms with Crippen molar-refractivity contribution in [2.24, 2.45) is 7.05 Å². The molecule has 14 heavy (non-hydrogen) atoms. The zero-order valence-corrected chi connectivity index (χ0v) is 8.20. The summed E-state index contributed by atoms with van der Waals surface area (Å²) in [5.41, 5.74) is 0.0316. The summed E-state index contributed by atoms with van der Waals surface area (Å²) in [5, 5.41) is 9.38. The second-order valence-corrected chi connectivity index (χ2v) is 2.88. The molecule has 0 aliphatic heterocycles. The van der Waals surface area contributed by atoms with Crippen molar-refractivity contribution in [3.8, 4) is 5.75 Å². The third-order valence-corrected chi connectivity index (χ3v) is 2.10. The minimum Gasteiger partial charge on any atom is -0.507 e. The van der Waals surface area contributed by atoms with Crippen LogP contribution >= 0.6 is 0 Å². The van der Waals surface area contributed by atoms with E-state index in [9.17, 15) is 14.7 Å². The van der Waals surface area contributed by atoms with Crippen LogP contribution in [0.15, 0.2) is 10.9 Å². The van der Waals surface area contributed by atoms with Gasteiger partial charge < -0.3 is 14.4 Å². The molecule has 0 aromatic carbocycles. The van der Waals surface area contributed by atoms with E-state index in [-0.39, 0.29) is 16.9 Å². The van der Waals surface area contributed by atoms with E-state index >= 15 is 0 Å². The first-order valence-corrected chi connectivity index (χ1v) is 3.97. The van der Waals surface area contributed by atoms with Gasteiger partial charge in [0.05, 0.1) is 7.11 Å². The second kappa shape index (κ2) is 3.53. The monoisotopic (exact) mass is 197 g/mol. The summed E-state index contributed by atoms with van der Waals surface area (Å²) >= 11 is 0. The van der Waals surface area contributed by atoms with Gasteiger partial charge in [-0.25, -0.2) is 4.79 Å². The first-order chi connectivity index (χ1) is 6.49. The molecule has 0 amide bonds. The van der Waals surface area contributed by atoms with Gasteiger partial charge in [-0.3, -0.25) is 4.79 Å². The second-order valence-electron chi connectivity index (χ2n) is 2.88. The maximum atomic E-state index is 11.2. The average Bonchev–Trinajstić information content (AvgIpc) is 2.14. The molecule has 0 saturated carbocycles. The van der Waals surface area contributed by atoms with Crippen LogP contribution in [-0.2, 0) is 11.8 Å². The molecule has 0 fully saturated rings. The van der Waals surface area contributed by atoms with E-state index in [1.165, 1.54) is 18.7 Å². The highest BCUT2D eigenvalue weighted by molar-refractivity contribution is 5.93. The van der Waals surface area contributed by atoms with Crippen LogP contribution in [0.5, 0.6) is 5.75 Å². The number of hydrogen-bond acceptors (Lipinski definition) is 4. The van der Waals surface area contributed by atoms with E-state index in [2.05, 4.69) is 4.74 Å². The van der Waals surface area contributed by atoms with Crippen molar-refractivity contribution in [2.75, 3.05) is 7.11 Å². The Hall–Kier alpha value is -1.78. The fraction of sp³-hybridized carbons (Fsp3) is 0.333. The van der Waals surface area contributed by atoms with Crippen molar-refractivity contribution in [3.05, 3.63) is 27.7 Å². The van der Waals surface area contributed by atoms with E-state index in [0.29, 0.717) is 5.69 Å². The van der Waals surface area contributed by atoms with Gasteiger partial charge in [0.2, 0.25) is 0 Å². The van der Waals surface area contributed by atoms with Gasteiger partial charge in [0, 0.05) is 18.8 Å². The molecule has 0 aliphatic carbocycles. The summed E-state index contributed by atoms with van der Waals surface area (Å²) in [6, 6.07) is 0.985. The van der Waals surface area contributed by atoms with Gasteiger partial charge in [-0.05, 0) is 6.92 Å². The standard InChI is InChI=1S/C9H11NO4/c1-5-8(9(13)14-3)6(11)4-7(12)10(5)2/h4,11H,1-3H3. The summed E-state index contributed by atoms with van der Waals surface area (Å²) in [5.74, 6) is -1.01. The van der Waals surface area contributed by atoms with Crippen LogP contribution in [0.25, 0.3) is 0 Å². The maximum Gasteiger partial charge on any atom is 0.343 e. The van der Waals surface area contributed by atoms with Crippen molar-refractivity contribution >= 4 is 5.97 Å². The quantitative estimate of drug-likeness (QED) is 0.652. The largest absolute Gasteiger partial charge is 0.507 e. The molecule has 0 spiro atoms. The lowest BCUT2D eigenvalue weighted by Gasteiger charge is -2.09. The van der Waals surface area contributed by atoms with Crippen molar-refractivity contribution < 1.29 is 14.6 Å². The number of nitrogens with zero attached hydrogens (tertiary/aromatic N) is 1. The topological polar surface area (TPSA) is 68.5 Å². The third-order valence-electron chi connectivity index (χ3n) is 2.10. The predicted molar refractivity (Wildman–Crippen MR) is 49.4 cm³/mol. The number of rotatable bonds is 1. The highest BCUT2D eigenvalue weighted by Gasteiger charge is 2.17. The Morgan fingerprint density at radius 2 is 2.14 bits per heavy atom. The lowest BCUT2D eigenvalue weighted by Crippen LogP contribution is -2.21. The Balaban J connectivity index is 3.52. The molecule has 0 atom stereocenters. The van der Waals surface area contributed by atoms with E-state index in [4.69, 9.17) is 0 Å². The third kappa shape index (κ3) is 1.48. The van der Waals surface area contributed by atoms with Gasteiger partial charge in [-0.1, -0.05) is 0 Å². The van der Waals surface area contributed by atoms with E-state index in [1.807, 2.05) is 0 Å². The lowest BCUT2D eigenvalue weighted by molar-refractivity contribution is 0.0595.